The van der Waals surface area contributed by atoms with Crippen LogP contribution in [0.3, 0.4) is 0 Å². The van der Waals surface area contributed by atoms with E-state index in [1.54, 1.807) is 5.57 Å². The largest absolute Gasteiger partial charge is 0.369 e. The van der Waals surface area contributed by atoms with Gasteiger partial charge in [-0.2, -0.15) is 0 Å². The topological polar surface area (TPSA) is 24.5 Å². The van der Waals surface area contributed by atoms with E-state index in [1.807, 2.05) is 17.5 Å². The van der Waals surface area contributed by atoms with Crippen LogP contribution in [0.2, 0.25) is 0 Å². The fourth-order valence-corrected chi connectivity index (χ4v) is 10.7. The van der Waals surface area contributed by atoms with Crippen molar-refractivity contribution in [3.63, 3.8) is 0 Å². The van der Waals surface area contributed by atoms with Crippen LogP contribution in [0.15, 0.2) is 11.1 Å². The molecule has 2 heterocycles. The van der Waals surface area contributed by atoms with Crippen LogP contribution in [0.4, 0.5) is 0 Å². The number of nitrogens with zero attached hydrogens (tertiary/aromatic N) is 1. The van der Waals surface area contributed by atoms with Gasteiger partial charge < -0.3 is 9.55 Å². The highest BCUT2D eigenvalue weighted by atomic mass is 32.2. The average Bonchev–Trinajstić information content (AvgIpc) is 3.25. The fourth-order valence-electron chi connectivity index (χ4n) is 10.1. The summed E-state index contributed by atoms with van der Waals surface area (Å²) in [6.07, 6.45) is 17.1. The Hall–Kier alpha value is 0.0349. The number of hydrogen-bond acceptors (Lipinski definition) is 4. The molecule has 0 aromatic carbocycles. The van der Waals surface area contributed by atoms with Crippen molar-refractivity contribution in [3.05, 3.63) is 11.1 Å². The lowest BCUT2D eigenvalue weighted by Crippen LogP contribution is -2.49. The maximum Gasteiger partial charge on any atom is 0.183 e. The van der Waals surface area contributed by atoms with E-state index in [0.717, 1.165) is 42.7 Å². The number of ether oxygens (including phenoxy) is 1. The third kappa shape index (κ3) is 3.56. The highest BCUT2D eigenvalue weighted by Crippen LogP contribution is 2.65. The third-order valence-corrected chi connectivity index (χ3v) is 12.4. The number of piperidine rings is 1. The van der Waals surface area contributed by atoms with E-state index in [2.05, 4.69) is 36.6 Å². The monoisotopic (exact) mass is 468 g/mol. The molecule has 1 N–H and O–H groups in total. The molecule has 10 atom stereocenters. The molecule has 0 aromatic rings. The van der Waals surface area contributed by atoms with Crippen LogP contribution in [0.5, 0.6) is 0 Å². The van der Waals surface area contributed by atoms with Gasteiger partial charge in [-0.1, -0.05) is 36.9 Å². The van der Waals surface area contributed by atoms with Crippen molar-refractivity contribution >= 4 is 19.9 Å². The van der Waals surface area contributed by atoms with Gasteiger partial charge in [0.2, 0.25) is 0 Å². The van der Waals surface area contributed by atoms with Gasteiger partial charge in [-0.05, 0) is 119 Å². The van der Waals surface area contributed by atoms with Crippen molar-refractivity contribution in [2.45, 2.75) is 115 Å². The molecule has 6 rings (SSSR count). The molecule has 3 saturated carbocycles. The fraction of sp³-hybridized carbons (Fsp3) is 0.929. The van der Waals surface area contributed by atoms with E-state index < -0.39 is 0 Å². The smallest absolute Gasteiger partial charge is 0.183 e. The summed E-state index contributed by atoms with van der Waals surface area (Å²) in [4.78, 5) is 2.13. The van der Waals surface area contributed by atoms with Crippen molar-refractivity contribution in [2.75, 3.05) is 12.8 Å². The Morgan fingerprint density at radius 2 is 2.00 bits per heavy atom. The second-order valence-corrected chi connectivity index (χ2v) is 13.7. The second-order valence-electron chi connectivity index (χ2n) is 13.1. The molecular formula is C28H45BN2OS. The summed E-state index contributed by atoms with van der Waals surface area (Å²) < 4.78 is 10.7. The number of fused-ring (bicyclic) bond motifs is 6. The number of hydrogen-bond donors (Lipinski definition) is 1. The Balaban J connectivity index is 1.25. The van der Waals surface area contributed by atoms with Crippen LogP contribution in [0.1, 0.15) is 91.4 Å². The molecule has 2 saturated heterocycles. The summed E-state index contributed by atoms with van der Waals surface area (Å²) >= 11 is 1.82. The first-order valence-corrected chi connectivity index (χ1v) is 15.2. The number of nitrogens with one attached hydrogen (secondary N) is 1. The third-order valence-electron chi connectivity index (χ3n) is 11.8. The highest BCUT2D eigenvalue weighted by Gasteiger charge is 2.59. The molecule has 0 bridgehead atoms. The molecule has 5 fully saturated rings. The maximum absolute atomic E-state index is 7.00. The molecule has 2 radical (unpaired) electrons. The zero-order valence-electron chi connectivity index (χ0n) is 21.4. The maximum atomic E-state index is 7.00. The molecule has 182 valence electrons. The number of allylic oxidation sites excluding steroid dienone is 1. The van der Waals surface area contributed by atoms with Gasteiger partial charge >= 0.3 is 0 Å². The van der Waals surface area contributed by atoms with Crippen LogP contribution in [-0.2, 0) is 4.74 Å². The van der Waals surface area contributed by atoms with Gasteiger partial charge in [0.25, 0.3) is 0 Å². The lowest BCUT2D eigenvalue weighted by Gasteiger charge is -2.54. The second kappa shape index (κ2) is 8.56. The van der Waals surface area contributed by atoms with Gasteiger partial charge in [0.15, 0.2) is 7.98 Å². The van der Waals surface area contributed by atoms with Gasteiger partial charge in [0.05, 0.1) is 11.7 Å². The summed E-state index contributed by atoms with van der Waals surface area (Å²) in [5.41, 5.74) is 4.14. The molecule has 9 unspecified atom stereocenters. The van der Waals surface area contributed by atoms with E-state index in [4.69, 9.17) is 12.7 Å². The van der Waals surface area contributed by atoms with Crippen molar-refractivity contribution in [2.24, 2.45) is 35.0 Å². The molecule has 2 aliphatic heterocycles. The summed E-state index contributed by atoms with van der Waals surface area (Å²) in [6, 6.07) is 1.15. The van der Waals surface area contributed by atoms with E-state index in [1.165, 1.54) is 64.2 Å². The van der Waals surface area contributed by atoms with Crippen molar-refractivity contribution in [3.8, 4) is 0 Å². The Morgan fingerprint density at radius 1 is 1.15 bits per heavy atom. The Morgan fingerprint density at radius 3 is 2.79 bits per heavy atom. The van der Waals surface area contributed by atoms with Gasteiger partial charge in [-0.15, -0.1) is 0 Å². The van der Waals surface area contributed by atoms with Crippen LogP contribution >= 0.6 is 11.9 Å². The molecular weight excluding hydrogens is 423 g/mol. The summed E-state index contributed by atoms with van der Waals surface area (Å²) in [5, 5.41) is 0. The molecule has 3 nitrogen and oxygen atoms in total. The Bertz CT molecular complexity index is 805. The normalized spacial score (nSPS) is 52.2. The first-order chi connectivity index (χ1) is 15.9. The van der Waals surface area contributed by atoms with Crippen molar-refractivity contribution in [1.82, 2.24) is 9.53 Å². The van der Waals surface area contributed by atoms with E-state index >= 15 is 0 Å². The average molecular weight is 469 g/mol. The summed E-state index contributed by atoms with van der Waals surface area (Å²) in [7, 11) is 6.49. The minimum Gasteiger partial charge on any atom is -0.369 e. The first kappa shape index (κ1) is 23.4. The molecule has 5 heteroatoms. The van der Waals surface area contributed by atoms with Crippen LogP contribution in [0.25, 0.3) is 0 Å². The quantitative estimate of drug-likeness (QED) is 0.310. The van der Waals surface area contributed by atoms with Gasteiger partial charge in [0.1, 0.15) is 0 Å². The van der Waals surface area contributed by atoms with Gasteiger partial charge in [-0.25, -0.2) is 0 Å². The van der Waals surface area contributed by atoms with Crippen LogP contribution in [-0.4, -0.2) is 49.4 Å². The zero-order valence-corrected chi connectivity index (χ0v) is 22.3. The minimum atomic E-state index is 0.0247. The van der Waals surface area contributed by atoms with E-state index in [-0.39, 0.29) is 5.60 Å². The lowest BCUT2D eigenvalue weighted by molar-refractivity contribution is -0.0730. The Labute approximate surface area is 208 Å². The standard InChI is InChI=1S/C28H45BN2OS/c1-17-16-28(18(2)26-25(32-28)6-5-13-31(26)29)12-10-21-22-8-7-19-14-20(30-33-4)9-11-27(19,3)24(22)15-23(17)21/h18-22,24-26,30H,5-16H2,1-4H3/t18?,19?,20-,21?,22?,24?,25?,26?,27?,28?/m1/s1. The highest BCUT2D eigenvalue weighted by molar-refractivity contribution is 7.96. The minimum absolute atomic E-state index is 0.0247. The first-order valence-electron chi connectivity index (χ1n) is 14.0. The van der Waals surface area contributed by atoms with Gasteiger partial charge in [-0.3, -0.25) is 4.72 Å². The van der Waals surface area contributed by atoms with E-state index in [9.17, 15) is 0 Å². The van der Waals surface area contributed by atoms with Crippen molar-refractivity contribution in [1.29, 1.82) is 0 Å². The molecule has 1 spiro atoms. The zero-order chi connectivity index (χ0) is 23.0. The van der Waals surface area contributed by atoms with Crippen molar-refractivity contribution < 1.29 is 4.74 Å². The molecule has 33 heavy (non-hydrogen) atoms. The van der Waals surface area contributed by atoms with E-state index in [0.29, 0.717) is 23.5 Å². The Kier molecular flexibility index (Phi) is 6.08. The number of rotatable bonds is 2. The van der Waals surface area contributed by atoms with Crippen LogP contribution < -0.4 is 4.72 Å². The predicted octanol–water partition coefficient (Wildman–Crippen LogP) is 5.90. The SMILES string of the molecule is [B]N1CCCC2OC3(CCC4C(=C(C)C3)CC3C4CCC4C[C@H](NSC)CCC43C)C(C)C21. The predicted molar refractivity (Wildman–Crippen MR) is 139 cm³/mol. The summed E-state index contributed by atoms with van der Waals surface area (Å²) in [6.45, 7) is 8.65. The van der Waals surface area contributed by atoms with Crippen LogP contribution in [0, 0.1) is 35.0 Å². The molecule has 6 aliphatic rings. The summed E-state index contributed by atoms with van der Waals surface area (Å²) in [5.74, 6) is 4.11. The van der Waals surface area contributed by atoms with Gasteiger partial charge in [0, 0.05) is 18.0 Å². The molecule has 0 aromatic heterocycles. The molecule has 0 amide bonds. The molecule has 4 aliphatic carbocycles. The lowest BCUT2D eigenvalue weighted by atomic mass is 9.52.